The lowest BCUT2D eigenvalue weighted by atomic mass is 10.2. The summed E-state index contributed by atoms with van der Waals surface area (Å²) in [6.07, 6.45) is 0.805. The molecule has 0 heterocycles. The first kappa shape index (κ1) is 10.5. The van der Waals surface area contributed by atoms with E-state index in [1.165, 1.54) is 0 Å². The summed E-state index contributed by atoms with van der Waals surface area (Å²) in [5, 5.41) is 0. The summed E-state index contributed by atoms with van der Waals surface area (Å²) >= 11 is 4.24. The third-order valence-electron chi connectivity index (χ3n) is 0.955. The molecule has 0 unspecified atom stereocenters. The van der Waals surface area contributed by atoms with E-state index in [2.05, 4.69) is 16.3 Å². The van der Waals surface area contributed by atoms with Gasteiger partial charge in [0.2, 0.25) is 0 Å². The van der Waals surface area contributed by atoms with Gasteiger partial charge >= 0.3 is 6.72 Å². The van der Waals surface area contributed by atoms with Gasteiger partial charge in [-0.2, -0.15) is 0 Å². The van der Waals surface area contributed by atoms with Crippen LogP contribution >= 0.6 is 6.72 Å². The standard InChI is InChI=1S/C5H13O3PS/c1-5(2)3-4-8-9(6,7)10/h5H,3-4H2,1-2H3,(H2,6,7,10). The Labute approximate surface area is 66.3 Å². The first-order valence-electron chi connectivity index (χ1n) is 3.12. The van der Waals surface area contributed by atoms with E-state index < -0.39 is 6.72 Å². The van der Waals surface area contributed by atoms with Crippen LogP contribution in [0.3, 0.4) is 0 Å². The average molecular weight is 184 g/mol. The van der Waals surface area contributed by atoms with Gasteiger partial charge in [-0.3, -0.25) is 0 Å². The van der Waals surface area contributed by atoms with Crippen LogP contribution in [0.5, 0.6) is 0 Å². The minimum atomic E-state index is -3.39. The second-order valence-corrected chi connectivity index (χ2v) is 5.17. The van der Waals surface area contributed by atoms with Crippen molar-refractivity contribution in [3.8, 4) is 0 Å². The largest absolute Gasteiger partial charge is 0.325 e. The van der Waals surface area contributed by atoms with Crippen LogP contribution in [0.15, 0.2) is 0 Å². The van der Waals surface area contributed by atoms with Crippen molar-refractivity contribution in [2.45, 2.75) is 20.3 Å². The van der Waals surface area contributed by atoms with Gasteiger partial charge < -0.3 is 14.3 Å². The highest BCUT2D eigenvalue weighted by atomic mass is 32.5. The van der Waals surface area contributed by atoms with E-state index in [9.17, 15) is 0 Å². The van der Waals surface area contributed by atoms with Gasteiger partial charge in [-0.05, 0) is 24.1 Å². The van der Waals surface area contributed by atoms with Crippen molar-refractivity contribution in [2.24, 2.45) is 5.92 Å². The Kier molecular flexibility index (Phi) is 4.65. The molecule has 3 nitrogen and oxygen atoms in total. The van der Waals surface area contributed by atoms with Crippen molar-refractivity contribution >= 4 is 18.5 Å². The van der Waals surface area contributed by atoms with Crippen LogP contribution in [-0.4, -0.2) is 16.4 Å². The molecule has 10 heavy (non-hydrogen) atoms. The van der Waals surface area contributed by atoms with Crippen LogP contribution in [0.1, 0.15) is 20.3 Å². The SMILES string of the molecule is CC(C)CCOP(O)(O)=S. The minimum absolute atomic E-state index is 0.335. The maximum atomic E-state index is 8.59. The highest BCUT2D eigenvalue weighted by Gasteiger charge is 2.06. The predicted octanol–water partition coefficient (Wildman–Crippen LogP) is 1.26. The van der Waals surface area contributed by atoms with E-state index in [4.69, 9.17) is 9.79 Å². The summed E-state index contributed by atoms with van der Waals surface area (Å²) < 4.78 is 4.58. The second kappa shape index (κ2) is 4.42. The van der Waals surface area contributed by atoms with Crippen molar-refractivity contribution < 1.29 is 14.3 Å². The summed E-state index contributed by atoms with van der Waals surface area (Å²) in [6, 6.07) is 0. The van der Waals surface area contributed by atoms with Crippen LogP contribution in [0.4, 0.5) is 0 Å². The third kappa shape index (κ3) is 8.53. The van der Waals surface area contributed by atoms with Gasteiger partial charge in [0, 0.05) is 0 Å². The first-order valence-corrected chi connectivity index (χ1v) is 5.74. The maximum Gasteiger partial charge on any atom is 0.321 e. The molecule has 0 aliphatic heterocycles. The Hall–Kier alpha value is 0.530. The van der Waals surface area contributed by atoms with Crippen LogP contribution in [0, 0.1) is 5.92 Å². The van der Waals surface area contributed by atoms with Gasteiger partial charge in [-0.15, -0.1) is 0 Å². The fraction of sp³-hybridized carbons (Fsp3) is 1.00. The Morgan fingerprint density at radius 3 is 2.30 bits per heavy atom. The molecule has 0 spiro atoms. The van der Waals surface area contributed by atoms with Crippen molar-refractivity contribution in [2.75, 3.05) is 6.61 Å². The van der Waals surface area contributed by atoms with E-state index in [0.29, 0.717) is 12.5 Å². The van der Waals surface area contributed by atoms with Crippen LogP contribution in [0.25, 0.3) is 0 Å². The fourth-order valence-electron chi connectivity index (χ4n) is 0.407. The lowest BCUT2D eigenvalue weighted by Crippen LogP contribution is -1.96. The number of hydrogen-bond acceptors (Lipinski definition) is 2. The molecule has 0 saturated carbocycles. The lowest BCUT2D eigenvalue weighted by Gasteiger charge is -2.08. The Morgan fingerprint density at radius 1 is 1.50 bits per heavy atom. The van der Waals surface area contributed by atoms with Gasteiger partial charge in [0.25, 0.3) is 0 Å². The molecule has 0 bridgehead atoms. The van der Waals surface area contributed by atoms with E-state index in [0.717, 1.165) is 6.42 Å². The van der Waals surface area contributed by atoms with Gasteiger partial charge in [0.1, 0.15) is 0 Å². The zero-order chi connectivity index (χ0) is 8.20. The molecule has 0 saturated heterocycles. The topological polar surface area (TPSA) is 49.7 Å². The second-order valence-electron chi connectivity index (χ2n) is 2.51. The lowest BCUT2D eigenvalue weighted by molar-refractivity contribution is 0.237. The Balaban J connectivity index is 3.30. The third-order valence-corrected chi connectivity index (χ3v) is 1.79. The molecule has 62 valence electrons. The summed E-state index contributed by atoms with van der Waals surface area (Å²) in [7, 11) is 0. The fourth-order valence-corrected chi connectivity index (χ4v) is 0.974. The predicted molar refractivity (Wildman–Crippen MR) is 44.1 cm³/mol. The maximum absolute atomic E-state index is 8.59. The molecule has 0 aromatic heterocycles. The molecule has 0 aromatic rings. The van der Waals surface area contributed by atoms with Crippen LogP contribution in [-0.2, 0) is 16.3 Å². The minimum Gasteiger partial charge on any atom is -0.325 e. The van der Waals surface area contributed by atoms with Crippen LogP contribution in [0.2, 0.25) is 0 Å². The van der Waals surface area contributed by atoms with Crippen molar-refractivity contribution in [3.63, 3.8) is 0 Å². The monoisotopic (exact) mass is 184 g/mol. The quantitative estimate of drug-likeness (QED) is 0.646. The molecular formula is C5H13O3PS. The molecule has 2 N–H and O–H groups in total. The molecule has 0 aliphatic rings. The zero-order valence-electron chi connectivity index (χ0n) is 6.15. The molecule has 5 heteroatoms. The van der Waals surface area contributed by atoms with E-state index >= 15 is 0 Å². The number of hydrogen-bond donors (Lipinski definition) is 2. The van der Waals surface area contributed by atoms with E-state index in [-0.39, 0.29) is 0 Å². The molecule has 0 fully saturated rings. The highest BCUT2D eigenvalue weighted by Crippen LogP contribution is 2.36. The molecule has 0 amide bonds. The Bertz CT molecular complexity index is 131. The van der Waals surface area contributed by atoms with Crippen molar-refractivity contribution in [3.05, 3.63) is 0 Å². The Morgan fingerprint density at radius 2 is 2.00 bits per heavy atom. The summed E-state index contributed by atoms with van der Waals surface area (Å²) in [6.45, 7) is 1.01. The van der Waals surface area contributed by atoms with Crippen LogP contribution < -0.4 is 0 Å². The zero-order valence-corrected chi connectivity index (χ0v) is 7.86. The normalized spacial score (nSPS) is 12.5. The van der Waals surface area contributed by atoms with Gasteiger partial charge in [0.15, 0.2) is 0 Å². The van der Waals surface area contributed by atoms with E-state index in [1.54, 1.807) is 0 Å². The van der Waals surface area contributed by atoms with E-state index in [1.807, 2.05) is 13.8 Å². The molecule has 0 aliphatic carbocycles. The molecule has 0 rings (SSSR count). The van der Waals surface area contributed by atoms with Gasteiger partial charge in [-0.1, -0.05) is 13.8 Å². The highest BCUT2D eigenvalue weighted by molar-refractivity contribution is 8.06. The van der Waals surface area contributed by atoms with Crippen molar-refractivity contribution in [1.29, 1.82) is 0 Å². The number of rotatable bonds is 4. The smallest absolute Gasteiger partial charge is 0.321 e. The average Bonchev–Trinajstić information content (AvgIpc) is 1.59. The van der Waals surface area contributed by atoms with Gasteiger partial charge in [-0.25, -0.2) is 0 Å². The molecule has 0 atom stereocenters. The summed E-state index contributed by atoms with van der Waals surface area (Å²) in [5.74, 6) is 0.501. The first-order chi connectivity index (χ1) is 4.42. The summed E-state index contributed by atoms with van der Waals surface area (Å²) in [4.78, 5) is 17.2. The van der Waals surface area contributed by atoms with Gasteiger partial charge in [0.05, 0.1) is 6.61 Å². The molecular weight excluding hydrogens is 171 g/mol. The molecule has 0 aromatic carbocycles. The summed E-state index contributed by atoms with van der Waals surface area (Å²) in [5.41, 5.74) is 0. The molecule has 0 radical (unpaired) electrons. The van der Waals surface area contributed by atoms with Crippen molar-refractivity contribution in [1.82, 2.24) is 0 Å².